The highest BCUT2D eigenvalue weighted by Crippen LogP contribution is 2.18. The van der Waals surface area contributed by atoms with E-state index in [0.29, 0.717) is 19.0 Å². The molecule has 20 heteroatoms. The molecule has 3 rings (SSSR count). The molecule has 2 aromatic heterocycles. The molecular formula is C25H40Cl2N16O2. The van der Waals surface area contributed by atoms with Crippen LogP contribution in [0.1, 0.15) is 53.1 Å². The van der Waals surface area contributed by atoms with E-state index in [2.05, 4.69) is 51.4 Å². The minimum absolute atomic E-state index is 0.0734. The van der Waals surface area contributed by atoms with Crippen LogP contribution in [0.3, 0.4) is 0 Å². The van der Waals surface area contributed by atoms with Crippen LogP contribution in [-0.2, 0) is 0 Å². The van der Waals surface area contributed by atoms with Crippen LogP contribution in [0.5, 0.6) is 0 Å². The van der Waals surface area contributed by atoms with Crippen molar-refractivity contribution in [1.82, 2.24) is 51.4 Å². The molecule has 2 aromatic rings. The van der Waals surface area contributed by atoms with Crippen LogP contribution in [-0.4, -0.2) is 94.4 Å². The second kappa shape index (κ2) is 17.3. The largest absolute Gasteiger partial charge is 0.382 e. The molecule has 18 nitrogen and oxygen atoms in total. The second-order valence-corrected chi connectivity index (χ2v) is 11.0. The minimum Gasteiger partial charge on any atom is -0.382 e. The van der Waals surface area contributed by atoms with Crippen LogP contribution in [0.25, 0.3) is 0 Å². The van der Waals surface area contributed by atoms with Gasteiger partial charge in [0.2, 0.25) is 0 Å². The summed E-state index contributed by atoms with van der Waals surface area (Å²) in [5.41, 5.74) is 22.0. The fraction of sp³-hybridized carbons (Fsp3) is 0.520. The molecule has 0 spiro atoms. The van der Waals surface area contributed by atoms with E-state index < -0.39 is 11.8 Å². The Hall–Kier alpha value is -4.26. The van der Waals surface area contributed by atoms with Gasteiger partial charge in [-0.3, -0.25) is 31.0 Å². The molecule has 1 saturated heterocycles. The van der Waals surface area contributed by atoms with E-state index in [1.54, 1.807) is 0 Å². The zero-order chi connectivity index (χ0) is 32.9. The number of nitrogen functional groups attached to an aromatic ring is 4. The first-order valence-corrected chi connectivity index (χ1v) is 15.1. The van der Waals surface area contributed by atoms with Gasteiger partial charge in [0.1, 0.15) is 0 Å². The predicted molar refractivity (Wildman–Crippen MR) is 174 cm³/mol. The van der Waals surface area contributed by atoms with Crippen molar-refractivity contribution in [3.8, 4) is 0 Å². The highest BCUT2D eigenvalue weighted by molar-refractivity contribution is 6.32. The zero-order valence-electron chi connectivity index (χ0n) is 24.7. The average molecular weight is 668 g/mol. The molecule has 2 amide bonds. The zero-order valence-corrected chi connectivity index (χ0v) is 26.2. The van der Waals surface area contributed by atoms with Gasteiger partial charge in [-0.2, -0.15) is 0 Å². The number of carbonyl (C=O) groups excluding carboxylic acids is 2. The summed E-state index contributed by atoms with van der Waals surface area (Å²) in [5.74, 6) is -1.60. The van der Waals surface area contributed by atoms with Crippen LogP contribution in [0.15, 0.2) is 0 Å². The monoisotopic (exact) mass is 666 g/mol. The molecule has 0 aliphatic carbocycles. The summed E-state index contributed by atoms with van der Waals surface area (Å²) >= 11 is 11.6. The Kier molecular flexibility index (Phi) is 13.5. The van der Waals surface area contributed by atoms with E-state index >= 15 is 0 Å². The Morgan fingerprint density at radius 2 is 1.20 bits per heavy atom. The van der Waals surface area contributed by atoms with Gasteiger partial charge in [-0.1, -0.05) is 23.2 Å². The number of halogens is 2. The summed E-state index contributed by atoms with van der Waals surface area (Å²) in [7, 11) is 0. The van der Waals surface area contributed by atoms with E-state index in [1.807, 2.05) is 0 Å². The van der Waals surface area contributed by atoms with Crippen LogP contribution in [0.2, 0.25) is 10.3 Å². The third kappa shape index (κ3) is 11.3. The van der Waals surface area contributed by atoms with Crippen molar-refractivity contribution < 1.29 is 9.59 Å². The van der Waals surface area contributed by atoms with Crippen molar-refractivity contribution in [2.24, 2.45) is 5.92 Å². The van der Waals surface area contributed by atoms with Crippen LogP contribution in [0.4, 0.5) is 23.3 Å². The molecule has 0 unspecified atom stereocenters. The maximum atomic E-state index is 12.3. The third-order valence-corrected chi connectivity index (χ3v) is 7.45. The number of carbonyl (C=O) groups is 2. The van der Waals surface area contributed by atoms with Crippen molar-refractivity contribution in [1.29, 1.82) is 10.8 Å². The number of likely N-dealkylation sites (tertiary alicyclic amines) is 1. The van der Waals surface area contributed by atoms with Crippen LogP contribution in [0, 0.1) is 16.7 Å². The molecule has 0 radical (unpaired) electrons. The topological polar surface area (TPSA) is 301 Å². The first-order valence-electron chi connectivity index (χ1n) is 14.3. The maximum absolute atomic E-state index is 12.3. The van der Waals surface area contributed by atoms with Gasteiger partial charge >= 0.3 is 0 Å². The predicted octanol–water partition coefficient (Wildman–Crippen LogP) is -0.417. The lowest BCUT2D eigenvalue weighted by Gasteiger charge is -2.32. The minimum atomic E-state index is -0.700. The van der Waals surface area contributed by atoms with Gasteiger partial charge in [-0.15, -0.1) is 0 Å². The lowest BCUT2D eigenvalue weighted by Crippen LogP contribution is -2.42. The van der Waals surface area contributed by atoms with Gasteiger partial charge in [-0.25, -0.2) is 19.9 Å². The van der Waals surface area contributed by atoms with E-state index in [9.17, 15) is 9.59 Å². The van der Waals surface area contributed by atoms with Gasteiger partial charge in [-0.05, 0) is 70.7 Å². The van der Waals surface area contributed by atoms with Gasteiger partial charge in [0.25, 0.3) is 11.8 Å². The molecule has 3 heterocycles. The Morgan fingerprint density at radius 3 is 1.71 bits per heavy atom. The van der Waals surface area contributed by atoms with Crippen molar-refractivity contribution in [3.05, 3.63) is 21.7 Å². The highest BCUT2D eigenvalue weighted by Gasteiger charge is 2.20. The summed E-state index contributed by atoms with van der Waals surface area (Å²) < 4.78 is 0. The van der Waals surface area contributed by atoms with Gasteiger partial charge in [0, 0.05) is 13.1 Å². The van der Waals surface area contributed by atoms with Crippen molar-refractivity contribution in [2.75, 3.05) is 68.7 Å². The summed E-state index contributed by atoms with van der Waals surface area (Å²) in [6.45, 7) is 5.75. The van der Waals surface area contributed by atoms with Crippen LogP contribution >= 0.6 is 23.2 Å². The number of amides is 2. The average Bonchev–Trinajstić information content (AvgIpc) is 2.99. The van der Waals surface area contributed by atoms with Crippen molar-refractivity contribution >= 4 is 70.2 Å². The Morgan fingerprint density at radius 1 is 0.733 bits per heavy atom. The van der Waals surface area contributed by atoms with E-state index in [4.69, 9.17) is 57.0 Å². The summed E-state index contributed by atoms with van der Waals surface area (Å²) in [6, 6.07) is 0. The number of guanidine groups is 2. The number of nitrogens with one attached hydrogen (secondary N) is 7. The number of hydrogen-bond acceptors (Lipinski definition) is 14. The molecule has 0 saturated carbocycles. The normalized spacial score (nSPS) is 13.6. The molecular weight excluding hydrogens is 627 g/mol. The van der Waals surface area contributed by atoms with Gasteiger partial charge in [0.15, 0.2) is 56.9 Å². The number of unbranched alkanes of at least 4 members (excludes halogenated alkanes) is 1. The fourth-order valence-electron chi connectivity index (χ4n) is 4.48. The molecule has 1 aliphatic heterocycles. The molecule has 0 bridgehead atoms. The number of hydrogen-bond donors (Lipinski definition) is 11. The fourth-order valence-corrected chi connectivity index (χ4v) is 4.73. The molecule has 246 valence electrons. The summed E-state index contributed by atoms with van der Waals surface area (Å²) in [6.07, 6.45) is 4.74. The number of rotatable bonds is 13. The Balaban J connectivity index is 1.18. The standard InChI is InChI=1S/C25H40Cl2N16O2/c26-16-20(30)39-18(28)14(37-16)22(44)41-24(32)35-7-2-1-6-34-12-13-4-10-43(11-5-13)9-3-8-36-25(33)42-23(45)15-19(29)40-21(31)17(27)38-15/h13,34H,1-12H2,(H4,28,30,39)(H4,29,31,40)(H3,32,35,41,44)(H3,33,36,42,45). The Labute approximate surface area is 270 Å². The molecule has 1 fully saturated rings. The molecule has 15 N–H and O–H groups in total. The summed E-state index contributed by atoms with van der Waals surface area (Å²) in [5, 5.41) is 29.5. The molecule has 1 aliphatic rings. The molecule has 0 atom stereocenters. The number of anilines is 4. The molecule has 45 heavy (non-hydrogen) atoms. The number of nitrogens with two attached hydrogens (primary N) is 4. The first kappa shape index (κ1) is 35.2. The third-order valence-electron chi connectivity index (χ3n) is 6.89. The second-order valence-electron chi connectivity index (χ2n) is 10.3. The van der Waals surface area contributed by atoms with E-state index in [-0.39, 0.29) is 56.9 Å². The lowest BCUT2D eigenvalue weighted by atomic mass is 9.96. The van der Waals surface area contributed by atoms with Gasteiger partial charge < -0.3 is 43.8 Å². The number of piperidine rings is 1. The van der Waals surface area contributed by atoms with Gasteiger partial charge in [0.05, 0.1) is 0 Å². The highest BCUT2D eigenvalue weighted by atomic mass is 35.5. The van der Waals surface area contributed by atoms with E-state index in [1.165, 1.54) is 0 Å². The van der Waals surface area contributed by atoms with Crippen molar-refractivity contribution in [2.45, 2.75) is 32.1 Å². The van der Waals surface area contributed by atoms with E-state index in [0.717, 1.165) is 64.8 Å². The number of aromatic nitrogens is 4. The number of nitrogens with zero attached hydrogens (tertiary/aromatic N) is 5. The maximum Gasteiger partial charge on any atom is 0.280 e. The Bertz CT molecular complexity index is 1370. The quantitative estimate of drug-likeness (QED) is 0.0735. The summed E-state index contributed by atoms with van der Waals surface area (Å²) in [4.78, 5) is 42.1. The van der Waals surface area contributed by atoms with Crippen LogP contribution < -0.4 is 49.5 Å². The van der Waals surface area contributed by atoms with Crippen molar-refractivity contribution in [3.63, 3.8) is 0 Å². The smallest absolute Gasteiger partial charge is 0.280 e. The SMILES string of the molecule is N=C(NCCCCNCC1CCN(CCCNC(=N)NC(=O)c2nc(Cl)c(N)nc2N)CC1)NC(=O)c1nc(Cl)c(N)nc1N. The molecule has 0 aromatic carbocycles. The first-order chi connectivity index (χ1) is 21.4. The lowest BCUT2D eigenvalue weighted by molar-refractivity contribution is 0.0963.